The molecule has 1 aromatic heterocycles. The maximum absolute atomic E-state index is 12.3. The van der Waals surface area contributed by atoms with Gasteiger partial charge in [0.15, 0.2) is 16.6 Å². The Labute approximate surface area is 138 Å². The lowest BCUT2D eigenvalue weighted by atomic mass is 9.94. The highest BCUT2D eigenvalue weighted by molar-refractivity contribution is 7.14. The lowest BCUT2D eigenvalue weighted by molar-refractivity contribution is -0.120. The normalized spacial score (nSPS) is 18.9. The van der Waals surface area contributed by atoms with E-state index >= 15 is 0 Å². The molecule has 2 aliphatic rings. The average Bonchev–Trinajstić information content (AvgIpc) is 3.23. The van der Waals surface area contributed by atoms with Crippen LogP contribution < -0.4 is 14.8 Å². The van der Waals surface area contributed by atoms with E-state index in [4.69, 9.17) is 9.47 Å². The standard InChI is InChI=1S/C17H16N2O3S/c20-16(11-4-2-1-3-5-11)19-17-18-13(9-23-17)12-6-7-14-15(8-12)22-10-21-14/h1-2,6-9,11H,3-5,10H2,(H,18,19,20). The Morgan fingerprint density at radius 3 is 3.04 bits per heavy atom. The quantitative estimate of drug-likeness (QED) is 0.870. The smallest absolute Gasteiger partial charge is 0.231 e. The van der Waals surface area contributed by atoms with Gasteiger partial charge in [0, 0.05) is 16.9 Å². The van der Waals surface area contributed by atoms with Gasteiger partial charge in [0.05, 0.1) is 5.69 Å². The fourth-order valence-corrected chi connectivity index (χ4v) is 3.48. The Morgan fingerprint density at radius 1 is 1.26 bits per heavy atom. The largest absolute Gasteiger partial charge is 0.454 e. The first-order chi connectivity index (χ1) is 11.3. The lowest BCUT2D eigenvalue weighted by Gasteiger charge is -2.15. The number of benzene rings is 1. The van der Waals surface area contributed by atoms with Crippen molar-refractivity contribution in [1.82, 2.24) is 4.98 Å². The molecule has 0 fully saturated rings. The van der Waals surface area contributed by atoms with Gasteiger partial charge in [-0.25, -0.2) is 4.98 Å². The van der Waals surface area contributed by atoms with Gasteiger partial charge in [-0.05, 0) is 37.5 Å². The predicted molar refractivity (Wildman–Crippen MR) is 88.8 cm³/mol. The monoisotopic (exact) mass is 328 g/mol. The molecule has 1 N–H and O–H groups in total. The van der Waals surface area contributed by atoms with E-state index in [1.807, 2.05) is 23.6 Å². The third-order valence-corrected chi connectivity index (χ3v) is 4.80. The molecule has 0 saturated heterocycles. The number of thiazole rings is 1. The summed E-state index contributed by atoms with van der Waals surface area (Å²) in [6.07, 6.45) is 6.89. The van der Waals surface area contributed by atoms with Crippen LogP contribution in [0.1, 0.15) is 19.3 Å². The number of nitrogens with zero attached hydrogens (tertiary/aromatic N) is 1. The first kappa shape index (κ1) is 14.3. The number of carbonyl (C=O) groups excluding carboxylic acids is 1. The fourth-order valence-electron chi connectivity index (χ4n) is 2.76. The molecule has 1 aromatic carbocycles. The minimum atomic E-state index is 0.0536. The van der Waals surface area contributed by atoms with Crippen LogP contribution in [0.15, 0.2) is 35.7 Å². The maximum Gasteiger partial charge on any atom is 0.231 e. The minimum Gasteiger partial charge on any atom is -0.454 e. The molecule has 4 rings (SSSR count). The summed E-state index contributed by atoms with van der Waals surface area (Å²) in [5.74, 6) is 1.59. The number of rotatable bonds is 3. The van der Waals surface area contributed by atoms with Crippen LogP contribution in [0.3, 0.4) is 0 Å². The van der Waals surface area contributed by atoms with Gasteiger partial charge >= 0.3 is 0 Å². The lowest BCUT2D eigenvalue weighted by Crippen LogP contribution is -2.23. The van der Waals surface area contributed by atoms with Crippen LogP contribution >= 0.6 is 11.3 Å². The van der Waals surface area contributed by atoms with Crippen LogP contribution in [0.4, 0.5) is 5.13 Å². The van der Waals surface area contributed by atoms with Crippen molar-refractivity contribution in [2.75, 3.05) is 12.1 Å². The molecule has 5 nitrogen and oxygen atoms in total. The molecule has 1 amide bonds. The Kier molecular flexibility index (Phi) is 3.75. The number of nitrogens with one attached hydrogen (secondary N) is 1. The molecule has 118 valence electrons. The van der Waals surface area contributed by atoms with Gasteiger partial charge in [0.2, 0.25) is 12.7 Å². The van der Waals surface area contributed by atoms with Crippen LogP contribution in [-0.2, 0) is 4.79 Å². The van der Waals surface area contributed by atoms with Gasteiger partial charge in [-0.2, -0.15) is 0 Å². The SMILES string of the molecule is O=C(Nc1nc(-c2ccc3c(c2)OCO3)cs1)C1CC=CCC1. The second-order valence-electron chi connectivity index (χ2n) is 5.58. The van der Waals surface area contributed by atoms with Crippen molar-refractivity contribution >= 4 is 22.4 Å². The molecule has 23 heavy (non-hydrogen) atoms. The highest BCUT2D eigenvalue weighted by Crippen LogP contribution is 2.36. The molecule has 0 spiro atoms. The predicted octanol–water partition coefficient (Wildman–Crippen LogP) is 3.83. The molecule has 0 radical (unpaired) electrons. The summed E-state index contributed by atoms with van der Waals surface area (Å²) in [4.78, 5) is 16.8. The van der Waals surface area contributed by atoms with Gasteiger partial charge in [-0.3, -0.25) is 4.79 Å². The molecular formula is C17H16N2O3S. The first-order valence-electron chi connectivity index (χ1n) is 7.61. The van der Waals surface area contributed by atoms with Crippen LogP contribution in [0, 0.1) is 5.92 Å². The van der Waals surface area contributed by atoms with Crippen LogP contribution in [-0.4, -0.2) is 17.7 Å². The molecule has 1 atom stereocenters. The Bertz CT molecular complexity index is 769. The van der Waals surface area contributed by atoms with Crippen LogP contribution in [0.25, 0.3) is 11.3 Å². The summed E-state index contributed by atoms with van der Waals surface area (Å²) < 4.78 is 10.7. The third kappa shape index (κ3) is 2.94. The van der Waals surface area contributed by atoms with E-state index in [0.29, 0.717) is 5.13 Å². The molecule has 1 unspecified atom stereocenters. The number of ether oxygens (including phenoxy) is 2. The zero-order chi connectivity index (χ0) is 15.6. The summed E-state index contributed by atoms with van der Waals surface area (Å²) in [5.41, 5.74) is 1.78. The number of fused-ring (bicyclic) bond motifs is 1. The van der Waals surface area contributed by atoms with E-state index in [0.717, 1.165) is 42.0 Å². The van der Waals surface area contributed by atoms with Gasteiger partial charge in [-0.1, -0.05) is 12.2 Å². The number of carbonyl (C=O) groups is 1. The first-order valence-corrected chi connectivity index (χ1v) is 8.49. The highest BCUT2D eigenvalue weighted by atomic mass is 32.1. The van der Waals surface area contributed by atoms with Gasteiger partial charge in [-0.15, -0.1) is 11.3 Å². The number of hydrogen-bond donors (Lipinski definition) is 1. The Balaban J connectivity index is 1.48. The van der Waals surface area contributed by atoms with Crippen molar-refractivity contribution in [2.24, 2.45) is 5.92 Å². The van der Waals surface area contributed by atoms with Crippen LogP contribution in [0.5, 0.6) is 11.5 Å². The van der Waals surface area contributed by atoms with Crippen LogP contribution in [0.2, 0.25) is 0 Å². The summed E-state index contributed by atoms with van der Waals surface area (Å²) in [7, 11) is 0. The fraction of sp³-hybridized carbons (Fsp3) is 0.294. The number of anilines is 1. The summed E-state index contributed by atoms with van der Waals surface area (Å²) in [6.45, 7) is 0.257. The number of allylic oxidation sites excluding steroid dienone is 2. The van der Waals surface area contributed by atoms with E-state index in [1.165, 1.54) is 11.3 Å². The maximum atomic E-state index is 12.3. The number of amides is 1. The van der Waals surface area contributed by atoms with Gasteiger partial charge < -0.3 is 14.8 Å². The second kappa shape index (κ2) is 6.04. The number of aromatic nitrogens is 1. The molecule has 0 saturated carbocycles. The Morgan fingerprint density at radius 2 is 2.17 bits per heavy atom. The molecule has 2 aromatic rings. The van der Waals surface area contributed by atoms with Gasteiger partial charge in [0.1, 0.15) is 0 Å². The second-order valence-corrected chi connectivity index (χ2v) is 6.43. The topological polar surface area (TPSA) is 60.5 Å². The molecule has 2 heterocycles. The molecule has 1 aliphatic carbocycles. The van der Waals surface area contributed by atoms with E-state index < -0.39 is 0 Å². The molecular weight excluding hydrogens is 312 g/mol. The van der Waals surface area contributed by atoms with E-state index in [1.54, 1.807) is 0 Å². The van der Waals surface area contributed by atoms with Gasteiger partial charge in [0.25, 0.3) is 0 Å². The third-order valence-electron chi connectivity index (χ3n) is 4.04. The summed E-state index contributed by atoms with van der Waals surface area (Å²) in [6, 6.07) is 5.73. The summed E-state index contributed by atoms with van der Waals surface area (Å²) in [5, 5.41) is 5.51. The van der Waals surface area contributed by atoms with E-state index in [9.17, 15) is 4.79 Å². The van der Waals surface area contributed by atoms with Crippen molar-refractivity contribution in [2.45, 2.75) is 19.3 Å². The zero-order valence-electron chi connectivity index (χ0n) is 12.5. The minimum absolute atomic E-state index is 0.0536. The molecule has 0 bridgehead atoms. The summed E-state index contributed by atoms with van der Waals surface area (Å²) >= 11 is 1.44. The van der Waals surface area contributed by atoms with Crippen molar-refractivity contribution in [3.8, 4) is 22.8 Å². The average molecular weight is 328 g/mol. The Hall–Kier alpha value is -2.34. The highest BCUT2D eigenvalue weighted by Gasteiger charge is 2.20. The van der Waals surface area contributed by atoms with Crippen molar-refractivity contribution in [1.29, 1.82) is 0 Å². The van der Waals surface area contributed by atoms with Crippen molar-refractivity contribution < 1.29 is 14.3 Å². The van der Waals surface area contributed by atoms with Crippen molar-refractivity contribution in [3.63, 3.8) is 0 Å². The van der Waals surface area contributed by atoms with E-state index in [2.05, 4.69) is 22.5 Å². The van der Waals surface area contributed by atoms with E-state index in [-0.39, 0.29) is 18.6 Å². The zero-order valence-corrected chi connectivity index (χ0v) is 13.3. The molecule has 6 heteroatoms. The van der Waals surface area contributed by atoms with Crippen molar-refractivity contribution in [3.05, 3.63) is 35.7 Å². The molecule has 1 aliphatic heterocycles. The number of hydrogen-bond acceptors (Lipinski definition) is 5.